The average molecular weight is 501 g/mol. The predicted octanol–water partition coefficient (Wildman–Crippen LogP) is 4.61. The monoisotopic (exact) mass is 500 g/mol. The number of pyridine rings is 1. The van der Waals surface area contributed by atoms with Crippen LogP contribution in [0.4, 0.5) is 11.5 Å². The fourth-order valence-electron chi connectivity index (χ4n) is 4.36. The first-order valence-electron chi connectivity index (χ1n) is 12.7. The van der Waals surface area contributed by atoms with Crippen molar-refractivity contribution in [3.63, 3.8) is 0 Å². The maximum absolute atomic E-state index is 13.1. The van der Waals surface area contributed by atoms with Crippen molar-refractivity contribution in [1.82, 2.24) is 25.0 Å². The summed E-state index contributed by atoms with van der Waals surface area (Å²) in [6.45, 7) is 9.47. The number of aromatic amines is 1. The van der Waals surface area contributed by atoms with Gasteiger partial charge < -0.3 is 20.4 Å². The second-order valence-electron chi connectivity index (χ2n) is 9.56. The number of aliphatic imine (C=N–C) groups is 1. The number of hydrogen-bond donors (Lipinski definition) is 3. The Morgan fingerprint density at radius 3 is 2.73 bits per heavy atom. The minimum Gasteiger partial charge on any atom is -0.370 e. The highest BCUT2D eigenvalue weighted by Gasteiger charge is 2.16. The summed E-state index contributed by atoms with van der Waals surface area (Å²) in [5, 5.41) is 14.2. The van der Waals surface area contributed by atoms with E-state index in [4.69, 9.17) is 0 Å². The SMILES string of the molecule is C=N/C=C(\C=C(/C)c1ccc2[nH]nc(C(=O)Nc3ccc(NCCN(C)C)nc3)c2c1)N1CCCCC1. The Hall–Kier alpha value is -3.98. The van der Waals surface area contributed by atoms with E-state index in [1.165, 1.54) is 19.3 Å². The molecule has 0 aliphatic carbocycles. The highest BCUT2D eigenvalue weighted by molar-refractivity contribution is 6.11. The predicted molar refractivity (Wildman–Crippen MR) is 152 cm³/mol. The number of aromatic nitrogens is 3. The van der Waals surface area contributed by atoms with Gasteiger partial charge in [-0.2, -0.15) is 5.10 Å². The fraction of sp³-hybridized carbons (Fsp3) is 0.357. The Bertz CT molecular complexity index is 1280. The molecular formula is C28H36N8O. The highest BCUT2D eigenvalue weighted by Crippen LogP contribution is 2.25. The minimum atomic E-state index is -0.287. The van der Waals surface area contributed by atoms with E-state index < -0.39 is 0 Å². The number of likely N-dealkylation sites (N-methyl/N-ethyl adjacent to an activating group) is 1. The number of anilines is 2. The van der Waals surface area contributed by atoms with Crippen LogP contribution < -0.4 is 10.6 Å². The van der Waals surface area contributed by atoms with Crippen molar-refractivity contribution >= 4 is 40.6 Å². The van der Waals surface area contributed by atoms with Crippen molar-refractivity contribution < 1.29 is 4.79 Å². The summed E-state index contributed by atoms with van der Waals surface area (Å²) in [7, 11) is 4.05. The lowest BCUT2D eigenvalue weighted by molar-refractivity contribution is 0.102. The molecule has 0 spiro atoms. The molecule has 4 rings (SSSR count). The molecule has 1 aliphatic heterocycles. The number of benzene rings is 1. The number of carbonyl (C=O) groups is 1. The Balaban J connectivity index is 1.49. The molecular weight excluding hydrogens is 464 g/mol. The van der Waals surface area contributed by atoms with Crippen molar-refractivity contribution in [2.24, 2.45) is 4.99 Å². The highest BCUT2D eigenvalue weighted by atomic mass is 16.1. The molecule has 2 aromatic heterocycles. The van der Waals surface area contributed by atoms with Gasteiger partial charge in [0.15, 0.2) is 5.69 Å². The van der Waals surface area contributed by atoms with Crippen LogP contribution in [0.1, 0.15) is 42.2 Å². The van der Waals surface area contributed by atoms with Gasteiger partial charge in [0, 0.05) is 37.8 Å². The molecule has 3 heterocycles. The lowest BCUT2D eigenvalue weighted by atomic mass is 10.0. The summed E-state index contributed by atoms with van der Waals surface area (Å²) < 4.78 is 0. The first-order valence-corrected chi connectivity index (χ1v) is 12.7. The second kappa shape index (κ2) is 12.3. The summed E-state index contributed by atoms with van der Waals surface area (Å²) >= 11 is 0. The van der Waals surface area contributed by atoms with Crippen LogP contribution in [-0.4, -0.2) is 77.9 Å². The van der Waals surface area contributed by atoms with E-state index in [0.29, 0.717) is 11.4 Å². The number of nitrogens with one attached hydrogen (secondary N) is 3. The van der Waals surface area contributed by atoms with Gasteiger partial charge in [-0.05, 0) is 88.5 Å². The van der Waals surface area contributed by atoms with Crippen molar-refractivity contribution in [2.75, 3.05) is 50.9 Å². The lowest BCUT2D eigenvalue weighted by Gasteiger charge is -2.29. The van der Waals surface area contributed by atoms with Gasteiger partial charge in [-0.3, -0.25) is 14.9 Å². The maximum Gasteiger partial charge on any atom is 0.276 e. The summed E-state index contributed by atoms with van der Waals surface area (Å²) in [5.41, 5.74) is 4.92. The number of nitrogens with zero attached hydrogens (tertiary/aromatic N) is 5. The standard InChI is InChI=1S/C28H36N8O/c1-20(16-23(19-29-2)36-13-6-5-7-14-36)21-8-10-25-24(17-21)27(34-33-25)28(37)32-22-9-11-26(31-18-22)30-12-15-35(3)4/h8-11,16-19H,2,5-7,12-15H2,1,3-4H3,(H,30,31)(H,32,37)(H,33,34)/b20-16+,23-19+. The van der Waals surface area contributed by atoms with E-state index in [2.05, 4.69) is 60.3 Å². The number of likely N-dealkylation sites (tertiary alicyclic amines) is 1. The lowest BCUT2D eigenvalue weighted by Crippen LogP contribution is -2.28. The van der Waals surface area contributed by atoms with Crippen LogP contribution in [0, 0.1) is 0 Å². The number of H-pyrrole nitrogens is 1. The number of rotatable bonds is 10. The number of amides is 1. The summed E-state index contributed by atoms with van der Waals surface area (Å²) in [4.78, 5) is 25.9. The van der Waals surface area contributed by atoms with Crippen molar-refractivity contribution in [3.8, 4) is 0 Å². The number of piperidine rings is 1. The molecule has 194 valence electrons. The molecule has 0 bridgehead atoms. The number of allylic oxidation sites excluding steroid dienone is 2. The third-order valence-corrected chi connectivity index (χ3v) is 6.43. The fourth-order valence-corrected chi connectivity index (χ4v) is 4.36. The quantitative estimate of drug-likeness (QED) is 0.277. The average Bonchev–Trinajstić information content (AvgIpc) is 3.33. The number of fused-ring (bicyclic) bond motifs is 1. The van der Waals surface area contributed by atoms with E-state index in [0.717, 1.165) is 59.7 Å². The van der Waals surface area contributed by atoms with Gasteiger partial charge >= 0.3 is 0 Å². The Morgan fingerprint density at radius 2 is 2.03 bits per heavy atom. The van der Waals surface area contributed by atoms with Crippen LogP contribution in [0.15, 0.2) is 59.5 Å². The number of hydrogen-bond acceptors (Lipinski definition) is 7. The van der Waals surface area contributed by atoms with Gasteiger partial charge in [0.05, 0.1) is 23.1 Å². The maximum atomic E-state index is 13.1. The van der Waals surface area contributed by atoms with Crippen molar-refractivity contribution in [1.29, 1.82) is 0 Å². The number of carbonyl (C=O) groups excluding carboxylic acids is 1. The van der Waals surface area contributed by atoms with Crippen LogP contribution in [0.2, 0.25) is 0 Å². The molecule has 1 fully saturated rings. The molecule has 0 saturated carbocycles. The summed E-state index contributed by atoms with van der Waals surface area (Å²) in [6.07, 6.45) is 9.25. The van der Waals surface area contributed by atoms with E-state index in [1.54, 1.807) is 6.20 Å². The largest absolute Gasteiger partial charge is 0.370 e. The Morgan fingerprint density at radius 1 is 1.22 bits per heavy atom. The smallest absolute Gasteiger partial charge is 0.276 e. The molecule has 9 nitrogen and oxygen atoms in total. The Labute approximate surface area is 218 Å². The molecule has 3 aromatic rings. The van der Waals surface area contributed by atoms with Crippen LogP contribution in [0.3, 0.4) is 0 Å². The summed E-state index contributed by atoms with van der Waals surface area (Å²) in [5.74, 6) is 0.478. The molecule has 1 amide bonds. The zero-order valence-electron chi connectivity index (χ0n) is 21.9. The normalized spacial score (nSPS) is 14.8. The van der Waals surface area contributed by atoms with Crippen LogP contribution in [0.25, 0.3) is 16.5 Å². The molecule has 1 saturated heterocycles. The molecule has 1 aliphatic rings. The minimum absolute atomic E-state index is 0.287. The molecule has 0 atom stereocenters. The van der Waals surface area contributed by atoms with E-state index in [1.807, 2.05) is 50.6 Å². The third-order valence-electron chi connectivity index (χ3n) is 6.43. The van der Waals surface area contributed by atoms with Gasteiger partial charge in [-0.1, -0.05) is 6.07 Å². The van der Waals surface area contributed by atoms with Crippen molar-refractivity contribution in [3.05, 3.63) is 65.8 Å². The molecule has 3 N–H and O–H groups in total. The van der Waals surface area contributed by atoms with Gasteiger partial charge in [-0.15, -0.1) is 0 Å². The molecule has 37 heavy (non-hydrogen) atoms. The van der Waals surface area contributed by atoms with Gasteiger partial charge in [-0.25, -0.2) is 4.98 Å². The van der Waals surface area contributed by atoms with E-state index >= 15 is 0 Å². The second-order valence-corrected chi connectivity index (χ2v) is 9.56. The molecule has 0 radical (unpaired) electrons. The Kier molecular flexibility index (Phi) is 8.68. The van der Waals surface area contributed by atoms with Crippen LogP contribution in [-0.2, 0) is 0 Å². The molecule has 0 unspecified atom stereocenters. The molecule has 1 aromatic carbocycles. The first kappa shape index (κ1) is 26.1. The topological polar surface area (TPSA) is 102 Å². The summed E-state index contributed by atoms with van der Waals surface area (Å²) in [6, 6.07) is 9.68. The van der Waals surface area contributed by atoms with Crippen molar-refractivity contribution in [2.45, 2.75) is 26.2 Å². The van der Waals surface area contributed by atoms with E-state index in [9.17, 15) is 4.79 Å². The first-order chi connectivity index (χ1) is 17.9. The molecule has 9 heteroatoms. The van der Waals surface area contributed by atoms with Gasteiger partial charge in [0.2, 0.25) is 0 Å². The van der Waals surface area contributed by atoms with E-state index in [-0.39, 0.29) is 5.91 Å². The van der Waals surface area contributed by atoms with Crippen LogP contribution >= 0.6 is 0 Å². The third kappa shape index (κ3) is 6.83. The zero-order valence-corrected chi connectivity index (χ0v) is 21.9. The van der Waals surface area contributed by atoms with Gasteiger partial charge in [0.25, 0.3) is 5.91 Å². The van der Waals surface area contributed by atoms with Gasteiger partial charge in [0.1, 0.15) is 5.82 Å². The zero-order chi connectivity index (χ0) is 26.2. The van der Waals surface area contributed by atoms with Crippen LogP contribution in [0.5, 0.6) is 0 Å².